The minimum Gasteiger partial charge on any atom is -0.470 e. The maximum atomic E-state index is 11.8. The molecule has 0 radical (unpaired) electrons. The van der Waals surface area contributed by atoms with Crippen molar-refractivity contribution in [2.45, 2.75) is 6.10 Å². The van der Waals surface area contributed by atoms with Crippen LogP contribution in [0.4, 0.5) is 0 Å². The van der Waals surface area contributed by atoms with Crippen molar-refractivity contribution >= 4 is 23.9 Å². The summed E-state index contributed by atoms with van der Waals surface area (Å²) in [6.45, 7) is -0.149. The van der Waals surface area contributed by atoms with Gasteiger partial charge < -0.3 is 28.6 Å². The second kappa shape index (κ2) is 11.9. The monoisotopic (exact) mass is 381 g/mol. The number of hydrogen-bond donors (Lipinski definition) is 0. The molecule has 27 heavy (non-hydrogen) atoms. The van der Waals surface area contributed by atoms with E-state index in [0.29, 0.717) is 0 Å². The van der Waals surface area contributed by atoms with Crippen molar-refractivity contribution in [3.05, 3.63) is 49.2 Å². The Balaban J connectivity index is 2.65. The van der Waals surface area contributed by atoms with Crippen LogP contribution < -0.4 is 0 Å². The first-order valence-electron chi connectivity index (χ1n) is 7.58. The summed E-state index contributed by atoms with van der Waals surface area (Å²) in [5, 5.41) is 0. The zero-order chi connectivity index (χ0) is 20.1. The molecule has 1 aliphatic rings. The molecule has 0 N–H and O–H groups in total. The number of carbonyl (C=O) groups excluding carboxylic acids is 4. The molecule has 1 heterocycles. The van der Waals surface area contributed by atoms with E-state index in [9.17, 15) is 19.2 Å². The molecule has 0 aliphatic carbocycles. The number of esters is 4. The summed E-state index contributed by atoms with van der Waals surface area (Å²) < 4.78 is 23.7. The van der Waals surface area contributed by atoms with Crippen LogP contribution >= 0.6 is 0 Å². The van der Waals surface area contributed by atoms with Gasteiger partial charge in [-0.3, -0.25) is 0 Å². The van der Waals surface area contributed by atoms with Crippen molar-refractivity contribution < 1.29 is 42.9 Å². The maximum absolute atomic E-state index is 11.8. The van der Waals surface area contributed by atoms with Gasteiger partial charge in [0.25, 0.3) is 0 Å². The molecule has 10 heteroatoms. The minimum atomic E-state index is -0.873. The third-order valence-corrected chi connectivity index (χ3v) is 2.88. The van der Waals surface area contributed by atoms with Crippen LogP contribution in [0.15, 0.2) is 49.2 Å². The lowest BCUT2D eigenvalue weighted by Crippen LogP contribution is -2.34. The molecular formula is C17H19NO9. The van der Waals surface area contributed by atoms with Crippen LogP contribution in [0.25, 0.3) is 0 Å². The zero-order valence-corrected chi connectivity index (χ0v) is 14.7. The summed E-state index contributed by atoms with van der Waals surface area (Å²) in [6.07, 6.45) is 8.66. The number of hydrogen-bond acceptors (Lipinski definition) is 10. The Morgan fingerprint density at radius 2 is 1.41 bits per heavy atom. The second-order valence-corrected chi connectivity index (χ2v) is 4.81. The predicted molar refractivity (Wildman–Crippen MR) is 89.2 cm³/mol. The summed E-state index contributed by atoms with van der Waals surface area (Å²) in [4.78, 5) is 47.0. The molecule has 1 unspecified atom stereocenters. The molecule has 0 spiro atoms. The SMILES string of the molecule is COC(=O)/C=C/C(=O)OCC(CN1C=COC=C1)OC(=O)/C=C/C(=O)OC. The van der Waals surface area contributed by atoms with Crippen molar-refractivity contribution in [3.8, 4) is 0 Å². The topological polar surface area (TPSA) is 118 Å². The molecule has 10 nitrogen and oxygen atoms in total. The summed E-state index contributed by atoms with van der Waals surface area (Å²) in [6, 6.07) is 0. The first kappa shape index (κ1) is 21.5. The normalized spacial score (nSPS) is 13.9. The van der Waals surface area contributed by atoms with Gasteiger partial charge in [-0.1, -0.05) is 0 Å². The Kier molecular flexibility index (Phi) is 9.47. The van der Waals surface area contributed by atoms with Gasteiger partial charge in [-0.25, -0.2) is 19.2 Å². The standard InChI is InChI=1S/C17H19NO9/c1-23-14(19)3-5-16(21)26-12-13(11-18-7-9-25-10-8-18)27-17(22)6-4-15(20)24-2/h3-10,13H,11-12H2,1-2H3/b5-3+,6-4+. The fourth-order valence-electron chi connectivity index (χ4n) is 1.64. The van der Waals surface area contributed by atoms with E-state index in [1.54, 1.807) is 17.3 Å². The Morgan fingerprint density at radius 1 is 0.889 bits per heavy atom. The van der Waals surface area contributed by atoms with Gasteiger partial charge in [0.05, 0.1) is 20.8 Å². The Bertz CT molecular complexity index is 651. The summed E-state index contributed by atoms with van der Waals surface area (Å²) in [5.74, 6) is -3.08. The Hall–Kier alpha value is -3.56. The molecule has 1 aliphatic heterocycles. The molecule has 0 saturated heterocycles. The largest absolute Gasteiger partial charge is 0.470 e. The van der Waals surface area contributed by atoms with Gasteiger partial charge in [-0.15, -0.1) is 0 Å². The van der Waals surface area contributed by atoms with Crippen molar-refractivity contribution in [3.63, 3.8) is 0 Å². The molecule has 0 aromatic rings. The van der Waals surface area contributed by atoms with Crippen LogP contribution in [0.3, 0.4) is 0 Å². The molecular weight excluding hydrogens is 362 g/mol. The maximum Gasteiger partial charge on any atom is 0.331 e. The number of nitrogens with zero attached hydrogens (tertiary/aromatic N) is 1. The zero-order valence-electron chi connectivity index (χ0n) is 14.7. The van der Waals surface area contributed by atoms with E-state index in [1.807, 2.05) is 0 Å². The predicted octanol–water partition coefficient (Wildman–Crippen LogP) is 0.174. The van der Waals surface area contributed by atoms with E-state index in [4.69, 9.17) is 14.2 Å². The van der Waals surface area contributed by atoms with Crippen LogP contribution in [0, 0.1) is 0 Å². The highest BCUT2D eigenvalue weighted by Gasteiger charge is 2.18. The first-order valence-corrected chi connectivity index (χ1v) is 7.58. The Labute approximate surface area is 155 Å². The fraction of sp³-hybridized carbons (Fsp3) is 0.294. The first-order chi connectivity index (χ1) is 12.9. The molecule has 1 atom stereocenters. The highest BCUT2D eigenvalue weighted by molar-refractivity contribution is 5.92. The van der Waals surface area contributed by atoms with E-state index in [0.717, 1.165) is 24.3 Å². The van der Waals surface area contributed by atoms with Crippen molar-refractivity contribution in [1.29, 1.82) is 0 Å². The molecule has 0 bridgehead atoms. The number of methoxy groups -OCH3 is 2. The summed E-state index contributed by atoms with van der Waals surface area (Å²) in [7, 11) is 2.33. The van der Waals surface area contributed by atoms with E-state index >= 15 is 0 Å². The van der Waals surface area contributed by atoms with Crippen LogP contribution in [-0.4, -0.2) is 62.3 Å². The summed E-state index contributed by atoms with van der Waals surface area (Å²) in [5.41, 5.74) is 0. The molecule has 0 saturated carbocycles. The average molecular weight is 381 g/mol. The summed E-state index contributed by atoms with van der Waals surface area (Å²) >= 11 is 0. The van der Waals surface area contributed by atoms with Gasteiger partial charge >= 0.3 is 23.9 Å². The van der Waals surface area contributed by atoms with Gasteiger partial charge in [0, 0.05) is 36.7 Å². The van der Waals surface area contributed by atoms with Gasteiger partial charge in [-0.2, -0.15) is 0 Å². The number of ether oxygens (including phenoxy) is 5. The highest BCUT2D eigenvalue weighted by atomic mass is 16.6. The minimum absolute atomic E-state index is 0.141. The lowest BCUT2D eigenvalue weighted by atomic mass is 10.3. The van der Waals surface area contributed by atoms with Gasteiger partial charge in [-0.05, 0) is 0 Å². The lowest BCUT2D eigenvalue weighted by Gasteiger charge is -2.23. The van der Waals surface area contributed by atoms with Gasteiger partial charge in [0.1, 0.15) is 19.1 Å². The van der Waals surface area contributed by atoms with Crippen LogP contribution in [0.2, 0.25) is 0 Å². The second-order valence-electron chi connectivity index (χ2n) is 4.81. The molecule has 0 amide bonds. The smallest absolute Gasteiger partial charge is 0.331 e. The number of rotatable bonds is 9. The number of carbonyl (C=O) groups is 4. The molecule has 0 aromatic heterocycles. The molecule has 146 valence electrons. The van der Waals surface area contributed by atoms with E-state index in [2.05, 4.69) is 9.47 Å². The highest BCUT2D eigenvalue weighted by Crippen LogP contribution is 2.06. The third-order valence-electron chi connectivity index (χ3n) is 2.88. The van der Waals surface area contributed by atoms with Crippen molar-refractivity contribution in [2.24, 2.45) is 0 Å². The van der Waals surface area contributed by atoms with Crippen molar-refractivity contribution in [1.82, 2.24) is 4.90 Å². The fourth-order valence-corrected chi connectivity index (χ4v) is 1.64. The van der Waals surface area contributed by atoms with E-state index in [1.165, 1.54) is 26.7 Å². The van der Waals surface area contributed by atoms with Crippen molar-refractivity contribution in [2.75, 3.05) is 27.4 Å². The van der Waals surface area contributed by atoms with Crippen LogP contribution in [0.1, 0.15) is 0 Å². The van der Waals surface area contributed by atoms with Crippen LogP contribution in [0.5, 0.6) is 0 Å². The van der Waals surface area contributed by atoms with E-state index < -0.39 is 30.0 Å². The van der Waals surface area contributed by atoms with E-state index in [-0.39, 0.29) is 13.2 Å². The molecule has 1 rings (SSSR count). The average Bonchev–Trinajstić information content (AvgIpc) is 2.68. The third kappa shape index (κ3) is 9.48. The van der Waals surface area contributed by atoms with Gasteiger partial charge in [0.15, 0.2) is 6.10 Å². The quantitative estimate of drug-likeness (QED) is 0.311. The van der Waals surface area contributed by atoms with Gasteiger partial charge in [0.2, 0.25) is 0 Å². The molecule has 0 fully saturated rings. The van der Waals surface area contributed by atoms with Crippen LogP contribution in [-0.2, 0) is 42.9 Å². The molecule has 0 aromatic carbocycles. The Morgan fingerprint density at radius 3 is 1.96 bits per heavy atom. The lowest BCUT2D eigenvalue weighted by molar-refractivity contribution is -0.153.